The van der Waals surface area contributed by atoms with Gasteiger partial charge in [-0.1, -0.05) is 80.6 Å². The van der Waals surface area contributed by atoms with E-state index in [1.807, 2.05) is 0 Å². The number of aryl methyl sites for hydroxylation is 4. The Morgan fingerprint density at radius 3 is 2.19 bits per heavy atom. The molecule has 0 fully saturated rings. The van der Waals surface area contributed by atoms with Gasteiger partial charge < -0.3 is 19.7 Å². The van der Waals surface area contributed by atoms with E-state index in [9.17, 15) is 10.2 Å². The molecule has 1 aliphatic rings. The van der Waals surface area contributed by atoms with Crippen LogP contribution in [0, 0.1) is 33.6 Å². The number of hydrazine groups is 1. The molecule has 0 saturated heterocycles. The summed E-state index contributed by atoms with van der Waals surface area (Å²) in [7, 11) is 0. The number of benzene rings is 3. The number of hydrazone groups is 1. The van der Waals surface area contributed by atoms with Crippen molar-refractivity contribution in [1.82, 2.24) is 5.43 Å². The molecule has 1 heterocycles. The van der Waals surface area contributed by atoms with E-state index in [2.05, 4.69) is 89.4 Å². The average Bonchev–Trinajstić information content (AvgIpc) is 2.97. The molecule has 43 heavy (non-hydrogen) atoms. The Kier molecular flexibility index (Phi) is 11.3. The second kappa shape index (κ2) is 15.1. The van der Waals surface area contributed by atoms with Crippen LogP contribution >= 0.6 is 0 Å². The fourth-order valence-electron chi connectivity index (χ4n) is 5.33. The number of nitrogens with one attached hydrogen (secondary N) is 1. The normalized spacial score (nSPS) is 14.5. The highest BCUT2D eigenvalue weighted by molar-refractivity contribution is 6.14. The molecule has 3 aromatic rings. The van der Waals surface area contributed by atoms with Crippen molar-refractivity contribution in [3.05, 3.63) is 94.1 Å². The summed E-state index contributed by atoms with van der Waals surface area (Å²) in [6.45, 7) is 13.6. The van der Waals surface area contributed by atoms with E-state index in [4.69, 9.17) is 14.6 Å². The van der Waals surface area contributed by atoms with Crippen molar-refractivity contribution in [2.24, 2.45) is 11.0 Å². The summed E-state index contributed by atoms with van der Waals surface area (Å²) in [4.78, 5) is 0. The molecular weight excluding hydrogens is 538 g/mol. The minimum Gasteiger partial charge on any atom is -0.505 e. The van der Waals surface area contributed by atoms with Crippen LogP contribution in [0.4, 0.5) is 5.69 Å². The lowest BCUT2D eigenvalue weighted by molar-refractivity contribution is -0.00111. The van der Waals surface area contributed by atoms with E-state index in [1.54, 1.807) is 23.3 Å². The van der Waals surface area contributed by atoms with Crippen molar-refractivity contribution in [3.63, 3.8) is 0 Å². The van der Waals surface area contributed by atoms with Crippen LogP contribution in [0.3, 0.4) is 0 Å². The molecule has 4 rings (SSSR count). The summed E-state index contributed by atoms with van der Waals surface area (Å²) in [5.74, 6) is 0.975. The van der Waals surface area contributed by atoms with Crippen LogP contribution in [0.5, 0.6) is 11.5 Å². The number of phenolic OH excluding ortho intramolecular Hbond substituents is 1. The summed E-state index contributed by atoms with van der Waals surface area (Å²) in [5, 5.41) is 28.0. The third kappa shape index (κ3) is 8.62. The molecule has 0 aliphatic carbocycles. The lowest BCUT2D eigenvalue weighted by Gasteiger charge is -2.29. The highest BCUT2D eigenvalue weighted by Crippen LogP contribution is 2.34. The van der Waals surface area contributed by atoms with Gasteiger partial charge in [0.15, 0.2) is 0 Å². The lowest BCUT2D eigenvalue weighted by Crippen LogP contribution is -2.37. The third-order valence-electron chi connectivity index (χ3n) is 7.87. The summed E-state index contributed by atoms with van der Waals surface area (Å²) in [5.41, 5.74) is 12.3. The standard InChI is InChI=1S/C36H47N3O4/c1-7-9-10-28(8-2)21-42-22-29(40)23-43-30-13-16-35(36(41)19-30)39-37-33(31-14-11-24(3)17-26(31)5)20-34(38-39)32-15-12-25(4)18-27(32)6/h11-20,28-29,37,40-41H,7-10,21-23H2,1-6H3. The maximum absolute atomic E-state index is 11.1. The number of unbranched alkanes of at least 4 members (excludes halogenated alkanes) is 1. The lowest BCUT2D eigenvalue weighted by atomic mass is 9.98. The predicted octanol–water partition coefficient (Wildman–Crippen LogP) is 7.37. The number of aliphatic hydroxyl groups excluding tert-OH is 1. The van der Waals surface area contributed by atoms with Crippen LogP contribution in [0.15, 0.2) is 65.8 Å². The maximum Gasteiger partial charge on any atom is 0.146 e. The molecule has 2 atom stereocenters. The number of aliphatic hydroxyl groups is 1. The van der Waals surface area contributed by atoms with E-state index < -0.39 is 6.10 Å². The van der Waals surface area contributed by atoms with Crippen LogP contribution in [0.25, 0.3) is 5.70 Å². The maximum atomic E-state index is 11.1. The molecule has 1 aliphatic heterocycles. The van der Waals surface area contributed by atoms with Gasteiger partial charge in [-0.25, -0.2) is 0 Å². The molecule has 0 amide bonds. The number of hydrogen-bond donors (Lipinski definition) is 3. The Morgan fingerprint density at radius 2 is 1.56 bits per heavy atom. The van der Waals surface area contributed by atoms with Crippen LogP contribution in [-0.2, 0) is 4.74 Å². The molecule has 3 N–H and O–H groups in total. The van der Waals surface area contributed by atoms with Crippen molar-refractivity contribution in [2.75, 3.05) is 24.9 Å². The molecular formula is C36H47N3O4. The van der Waals surface area contributed by atoms with E-state index >= 15 is 0 Å². The molecule has 230 valence electrons. The summed E-state index contributed by atoms with van der Waals surface area (Å²) in [6, 6.07) is 17.7. The number of aromatic hydroxyl groups is 1. The molecule has 0 saturated carbocycles. The van der Waals surface area contributed by atoms with E-state index in [0.717, 1.165) is 46.5 Å². The van der Waals surface area contributed by atoms with Gasteiger partial charge in [0, 0.05) is 23.8 Å². The van der Waals surface area contributed by atoms with Gasteiger partial charge in [-0.2, -0.15) is 10.2 Å². The number of rotatable bonds is 14. The van der Waals surface area contributed by atoms with Gasteiger partial charge in [-0.3, -0.25) is 5.43 Å². The zero-order valence-electron chi connectivity index (χ0n) is 26.5. The van der Waals surface area contributed by atoms with Crippen molar-refractivity contribution >= 4 is 17.1 Å². The topological polar surface area (TPSA) is 86.5 Å². The predicted molar refractivity (Wildman–Crippen MR) is 176 cm³/mol. The zero-order chi connectivity index (χ0) is 30.9. The third-order valence-corrected chi connectivity index (χ3v) is 7.87. The molecule has 0 aromatic heterocycles. The molecule has 7 nitrogen and oxygen atoms in total. The van der Waals surface area contributed by atoms with Crippen molar-refractivity contribution in [2.45, 2.75) is 73.3 Å². The first kappa shape index (κ1) is 32.1. The van der Waals surface area contributed by atoms with E-state index in [1.165, 1.54) is 24.0 Å². The van der Waals surface area contributed by atoms with Gasteiger partial charge in [-0.05, 0) is 69.4 Å². The Hall–Kier alpha value is -3.81. The number of anilines is 1. The number of nitrogens with zero attached hydrogens (tertiary/aromatic N) is 2. The van der Waals surface area contributed by atoms with Gasteiger partial charge in [0.25, 0.3) is 0 Å². The molecule has 7 heteroatoms. The molecule has 3 aromatic carbocycles. The largest absolute Gasteiger partial charge is 0.505 e. The molecule has 0 radical (unpaired) electrons. The Bertz CT molecular complexity index is 1450. The van der Waals surface area contributed by atoms with Crippen LogP contribution in [0.1, 0.15) is 72.9 Å². The quantitative estimate of drug-likeness (QED) is 0.183. The smallest absolute Gasteiger partial charge is 0.146 e. The minimum absolute atomic E-state index is 0.00283. The van der Waals surface area contributed by atoms with Crippen molar-refractivity contribution < 1.29 is 19.7 Å². The average molecular weight is 586 g/mol. The monoisotopic (exact) mass is 585 g/mol. The number of hydrogen-bond acceptors (Lipinski definition) is 7. The van der Waals surface area contributed by atoms with Gasteiger partial charge in [0.05, 0.1) is 18.0 Å². The van der Waals surface area contributed by atoms with Crippen molar-refractivity contribution in [3.8, 4) is 11.5 Å². The fourth-order valence-corrected chi connectivity index (χ4v) is 5.33. The van der Waals surface area contributed by atoms with Gasteiger partial charge in [0.2, 0.25) is 0 Å². The van der Waals surface area contributed by atoms with E-state index in [-0.39, 0.29) is 19.0 Å². The number of phenols is 1. The zero-order valence-corrected chi connectivity index (χ0v) is 26.5. The fraction of sp³-hybridized carbons (Fsp3) is 0.417. The second-order valence-corrected chi connectivity index (χ2v) is 11.7. The first-order chi connectivity index (χ1) is 20.7. The van der Waals surface area contributed by atoms with Crippen LogP contribution in [-0.4, -0.2) is 41.8 Å². The minimum atomic E-state index is -0.760. The second-order valence-electron chi connectivity index (χ2n) is 11.7. The van der Waals surface area contributed by atoms with Crippen LogP contribution < -0.4 is 15.3 Å². The highest BCUT2D eigenvalue weighted by Gasteiger charge is 2.22. The number of allylic oxidation sites excluding steroid dienone is 1. The Labute approximate surface area is 256 Å². The highest BCUT2D eigenvalue weighted by atomic mass is 16.5. The Morgan fingerprint density at radius 1 is 0.860 bits per heavy atom. The first-order valence-corrected chi connectivity index (χ1v) is 15.4. The Balaban J connectivity index is 1.49. The van der Waals surface area contributed by atoms with Crippen LogP contribution in [0.2, 0.25) is 0 Å². The summed E-state index contributed by atoms with van der Waals surface area (Å²) >= 11 is 0. The summed E-state index contributed by atoms with van der Waals surface area (Å²) < 4.78 is 11.6. The molecule has 0 spiro atoms. The first-order valence-electron chi connectivity index (χ1n) is 15.4. The number of ether oxygens (including phenoxy) is 2. The SMILES string of the molecule is CCCCC(CC)COCC(O)COc1ccc(N2N=C(c3ccc(C)cc3C)C=C(c3ccc(C)cc3C)N2)c(O)c1. The van der Waals surface area contributed by atoms with Gasteiger partial charge >= 0.3 is 0 Å². The summed E-state index contributed by atoms with van der Waals surface area (Å²) in [6.07, 6.45) is 5.88. The van der Waals surface area contributed by atoms with Crippen molar-refractivity contribution in [1.29, 1.82) is 0 Å². The van der Waals surface area contributed by atoms with Gasteiger partial charge in [0.1, 0.15) is 29.9 Å². The molecule has 2 unspecified atom stereocenters. The van der Waals surface area contributed by atoms with Gasteiger partial charge in [-0.15, -0.1) is 0 Å². The van der Waals surface area contributed by atoms with E-state index in [0.29, 0.717) is 24.0 Å². The molecule has 0 bridgehead atoms.